The van der Waals surface area contributed by atoms with E-state index in [1.807, 2.05) is 13.8 Å². The molecule has 17 heavy (non-hydrogen) atoms. The quantitative estimate of drug-likeness (QED) is 0.543. The first-order valence-corrected chi connectivity index (χ1v) is 6.21. The highest BCUT2D eigenvalue weighted by Crippen LogP contribution is 1.94. The highest BCUT2D eigenvalue weighted by Gasteiger charge is 2.11. The van der Waals surface area contributed by atoms with Crippen molar-refractivity contribution in [1.29, 1.82) is 0 Å². The molecule has 6 heteroatoms. The molecule has 0 saturated carbocycles. The zero-order valence-electron chi connectivity index (χ0n) is 10.6. The van der Waals surface area contributed by atoms with E-state index in [0.717, 1.165) is 12.8 Å². The predicted octanol–water partition coefficient (Wildman–Crippen LogP) is 1.64. The second-order valence-electron chi connectivity index (χ2n) is 3.99. The first-order chi connectivity index (χ1) is 7.93. The lowest BCUT2D eigenvalue weighted by Crippen LogP contribution is -2.42. The van der Waals surface area contributed by atoms with E-state index in [1.165, 1.54) is 6.92 Å². The van der Waals surface area contributed by atoms with Crippen LogP contribution in [0, 0.1) is 0 Å². The summed E-state index contributed by atoms with van der Waals surface area (Å²) in [6.07, 6.45) is 1.91. The molecule has 1 atom stereocenters. The molecule has 5 nitrogen and oxygen atoms in total. The number of unbranched alkanes of at least 4 members (excludes halogenated alkanes) is 1. The molecule has 100 valence electrons. The Morgan fingerprint density at radius 2 is 1.88 bits per heavy atom. The second-order valence-corrected chi connectivity index (χ2v) is 4.64. The van der Waals surface area contributed by atoms with Crippen molar-refractivity contribution in [3.8, 4) is 0 Å². The van der Waals surface area contributed by atoms with Gasteiger partial charge in [-0.3, -0.25) is 10.1 Å². The fourth-order valence-corrected chi connectivity index (χ4v) is 1.06. The summed E-state index contributed by atoms with van der Waals surface area (Å²) in [4.78, 5) is 22.2. The summed E-state index contributed by atoms with van der Waals surface area (Å²) in [5.41, 5.74) is 0. The number of imide groups is 1. The van der Waals surface area contributed by atoms with Gasteiger partial charge in [0, 0.05) is 13.2 Å². The van der Waals surface area contributed by atoms with Crippen molar-refractivity contribution in [3.63, 3.8) is 0 Å². The summed E-state index contributed by atoms with van der Waals surface area (Å²) in [5, 5.41) is 4.00. The lowest BCUT2D eigenvalue weighted by Gasteiger charge is -2.09. The molecule has 0 aromatic heterocycles. The number of nitrogens with one attached hydrogen (secondary N) is 2. The number of carbonyl (C=O) groups is 2. The fourth-order valence-electron chi connectivity index (χ4n) is 1.00. The van der Waals surface area contributed by atoms with E-state index in [-0.39, 0.29) is 6.10 Å². The molecule has 0 radical (unpaired) electrons. The Hall–Kier alpha value is -0.810. The first kappa shape index (κ1) is 16.2. The smallest absolute Gasteiger partial charge is 0.321 e. The number of carbonyl (C=O) groups excluding carboxylic acids is 2. The molecule has 0 aliphatic heterocycles. The van der Waals surface area contributed by atoms with Crippen LogP contribution in [-0.4, -0.2) is 36.6 Å². The van der Waals surface area contributed by atoms with Crippen LogP contribution < -0.4 is 10.6 Å². The number of hydrogen-bond acceptors (Lipinski definition) is 3. The van der Waals surface area contributed by atoms with Gasteiger partial charge in [-0.15, -0.1) is 11.6 Å². The van der Waals surface area contributed by atoms with Gasteiger partial charge in [-0.1, -0.05) is 0 Å². The molecule has 0 saturated heterocycles. The monoisotopic (exact) mass is 264 g/mol. The van der Waals surface area contributed by atoms with E-state index >= 15 is 0 Å². The predicted molar refractivity (Wildman–Crippen MR) is 67.2 cm³/mol. The van der Waals surface area contributed by atoms with E-state index < -0.39 is 17.3 Å². The molecular weight excluding hydrogens is 244 g/mol. The minimum absolute atomic E-state index is 0.231. The first-order valence-electron chi connectivity index (χ1n) is 5.78. The Bertz CT molecular complexity index is 245. The largest absolute Gasteiger partial charge is 0.379 e. The van der Waals surface area contributed by atoms with E-state index in [2.05, 4.69) is 10.6 Å². The van der Waals surface area contributed by atoms with Gasteiger partial charge in [0.15, 0.2) is 0 Å². The zero-order valence-corrected chi connectivity index (χ0v) is 11.3. The zero-order chi connectivity index (χ0) is 13.3. The normalized spacial score (nSPS) is 12.3. The number of urea groups is 1. The van der Waals surface area contributed by atoms with E-state index in [9.17, 15) is 9.59 Å². The number of rotatable bonds is 7. The van der Waals surface area contributed by atoms with Crippen molar-refractivity contribution in [3.05, 3.63) is 0 Å². The minimum Gasteiger partial charge on any atom is -0.379 e. The molecule has 1 unspecified atom stereocenters. The van der Waals surface area contributed by atoms with Crippen molar-refractivity contribution in [2.75, 3.05) is 13.2 Å². The van der Waals surface area contributed by atoms with Crippen LogP contribution in [0.1, 0.15) is 33.6 Å². The van der Waals surface area contributed by atoms with Crippen molar-refractivity contribution < 1.29 is 14.3 Å². The van der Waals surface area contributed by atoms with Crippen molar-refractivity contribution in [1.82, 2.24) is 10.6 Å². The maximum absolute atomic E-state index is 11.2. The third kappa shape index (κ3) is 10.1. The third-order valence-corrected chi connectivity index (χ3v) is 2.10. The summed E-state index contributed by atoms with van der Waals surface area (Å²) in [6.45, 7) is 6.65. The highest BCUT2D eigenvalue weighted by atomic mass is 35.5. The number of halogens is 1. The van der Waals surface area contributed by atoms with Crippen LogP contribution in [-0.2, 0) is 9.53 Å². The van der Waals surface area contributed by atoms with Crippen LogP contribution in [0.2, 0.25) is 0 Å². The molecule has 3 amide bonds. The van der Waals surface area contributed by atoms with Gasteiger partial charge < -0.3 is 10.1 Å². The van der Waals surface area contributed by atoms with Crippen molar-refractivity contribution >= 4 is 23.5 Å². The molecule has 0 heterocycles. The Kier molecular flexibility index (Phi) is 8.80. The lowest BCUT2D eigenvalue weighted by atomic mass is 10.3. The third-order valence-electron chi connectivity index (χ3n) is 1.91. The standard InChI is InChI=1S/C11H21ClN2O3/c1-8(2)17-7-5-4-6-13-11(16)14-10(15)9(3)12/h8-9H,4-7H2,1-3H3,(H2,13,14,15,16). The van der Waals surface area contributed by atoms with Crippen molar-refractivity contribution in [2.24, 2.45) is 0 Å². The summed E-state index contributed by atoms with van der Waals surface area (Å²) in [5.74, 6) is -0.493. The molecule has 0 rings (SSSR count). The topological polar surface area (TPSA) is 67.4 Å². The van der Waals surface area contributed by atoms with Gasteiger partial charge in [0.2, 0.25) is 5.91 Å². The van der Waals surface area contributed by atoms with E-state index in [1.54, 1.807) is 0 Å². The van der Waals surface area contributed by atoms with Gasteiger partial charge in [-0.2, -0.15) is 0 Å². The SMILES string of the molecule is CC(C)OCCCCNC(=O)NC(=O)C(C)Cl. The summed E-state index contributed by atoms with van der Waals surface area (Å²) >= 11 is 5.50. The molecule has 0 spiro atoms. The summed E-state index contributed by atoms with van der Waals surface area (Å²) in [6, 6.07) is -0.507. The van der Waals surface area contributed by atoms with Crippen LogP contribution in [0.25, 0.3) is 0 Å². The average Bonchev–Trinajstić information content (AvgIpc) is 2.22. The van der Waals surface area contributed by atoms with E-state index in [0.29, 0.717) is 13.2 Å². The van der Waals surface area contributed by atoms with Gasteiger partial charge in [0.25, 0.3) is 0 Å². The highest BCUT2D eigenvalue weighted by molar-refractivity contribution is 6.31. The molecule has 0 fully saturated rings. The van der Waals surface area contributed by atoms with Crippen LogP contribution in [0.5, 0.6) is 0 Å². The number of hydrogen-bond donors (Lipinski definition) is 2. The van der Waals surface area contributed by atoms with Gasteiger partial charge in [-0.25, -0.2) is 4.79 Å². The molecule has 0 bridgehead atoms. The van der Waals surface area contributed by atoms with Gasteiger partial charge in [-0.05, 0) is 33.6 Å². The molecule has 0 aliphatic carbocycles. The van der Waals surface area contributed by atoms with Crippen LogP contribution in [0.15, 0.2) is 0 Å². The Morgan fingerprint density at radius 3 is 2.41 bits per heavy atom. The number of amides is 3. The average molecular weight is 265 g/mol. The fraction of sp³-hybridized carbons (Fsp3) is 0.818. The van der Waals surface area contributed by atoms with Gasteiger partial charge in [0.05, 0.1) is 6.10 Å². The lowest BCUT2D eigenvalue weighted by molar-refractivity contribution is -0.119. The minimum atomic E-state index is -0.708. The molecule has 0 aliphatic rings. The van der Waals surface area contributed by atoms with Crippen LogP contribution in [0.4, 0.5) is 4.79 Å². The maximum Gasteiger partial charge on any atom is 0.321 e. The Balaban J connectivity index is 3.43. The molecule has 2 N–H and O–H groups in total. The van der Waals surface area contributed by atoms with Gasteiger partial charge >= 0.3 is 6.03 Å². The summed E-state index contributed by atoms with van der Waals surface area (Å²) in [7, 11) is 0. The summed E-state index contributed by atoms with van der Waals surface area (Å²) < 4.78 is 5.34. The number of alkyl halides is 1. The Morgan fingerprint density at radius 1 is 1.24 bits per heavy atom. The molecule has 0 aromatic rings. The number of ether oxygens (including phenoxy) is 1. The molecule has 0 aromatic carbocycles. The Labute approximate surface area is 107 Å². The van der Waals surface area contributed by atoms with Crippen LogP contribution >= 0.6 is 11.6 Å². The van der Waals surface area contributed by atoms with Crippen molar-refractivity contribution in [2.45, 2.75) is 45.1 Å². The van der Waals surface area contributed by atoms with E-state index in [4.69, 9.17) is 16.3 Å². The van der Waals surface area contributed by atoms with Crippen LogP contribution in [0.3, 0.4) is 0 Å². The molecular formula is C11H21ClN2O3. The second kappa shape index (κ2) is 9.24. The maximum atomic E-state index is 11.2. The van der Waals surface area contributed by atoms with Gasteiger partial charge in [0.1, 0.15) is 5.38 Å².